The van der Waals surface area contributed by atoms with Crippen LogP contribution in [-0.2, 0) is 16.0 Å². The van der Waals surface area contributed by atoms with Crippen molar-refractivity contribution in [3.05, 3.63) is 65.5 Å². The smallest absolute Gasteiger partial charge is 0.242 e. The molecule has 1 aromatic heterocycles. The fraction of sp³-hybridized carbons (Fsp3) is 0.400. The van der Waals surface area contributed by atoms with E-state index in [1.165, 1.54) is 0 Å². The predicted octanol–water partition coefficient (Wildman–Crippen LogP) is 1.83. The van der Waals surface area contributed by atoms with Crippen LogP contribution in [0.5, 0.6) is 0 Å². The predicted molar refractivity (Wildman–Crippen MR) is 117 cm³/mol. The first kappa shape index (κ1) is 21.1. The minimum absolute atomic E-state index is 0.00458. The summed E-state index contributed by atoms with van der Waals surface area (Å²) in [5.74, 6) is 6.43. The Morgan fingerprint density at radius 1 is 1.26 bits per heavy atom. The monoisotopic (exact) mass is 417 g/mol. The summed E-state index contributed by atoms with van der Waals surface area (Å²) in [5, 5.41) is 9.94. The maximum absolute atomic E-state index is 12.8. The average Bonchev–Trinajstić information content (AvgIpc) is 2.75. The molecule has 0 aliphatic carbocycles. The fourth-order valence-corrected chi connectivity index (χ4v) is 4.49. The molecule has 2 aliphatic heterocycles. The summed E-state index contributed by atoms with van der Waals surface area (Å²) in [6.45, 7) is 4.55. The molecular formula is C25H27N3O3. The molecule has 2 aliphatic rings. The third-order valence-corrected chi connectivity index (χ3v) is 5.98. The Morgan fingerprint density at radius 3 is 2.68 bits per heavy atom. The lowest BCUT2D eigenvalue weighted by molar-refractivity contribution is -0.166. The first-order valence-electron chi connectivity index (χ1n) is 10.7. The molecule has 3 atom stereocenters. The average molecular weight is 418 g/mol. The van der Waals surface area contributed by atoms with Gasteiger partial charge in [-0.25, -0.2) is 0 Å². The fourth-order valence-electron chi connectivity index (χ4n) is 4.49. The SMILES string of the molecule is CC(C)C#Cc1ccc([C@@H]2[C@H]3CN(C(=O)Cc4cccnc4)CC(=O)N3[C@H]2CO)cc1. The maximum Gasteiger partial charge on any atom is 0.242 e. The maximum atomic E-state index is 12.8. The summed E-state index contributed by atoms with van der Waals surface area (Å²) in [5.41, 5.74) is 2.84. The van der Waals surface area contributed by atoms with Crippen molar-refractivity contribution in [3.63, 3.8) is 0 Å². The normalized spacial score (nSPS) is 22.5. The summed E-state index contributed by atoms with van der Waals surface area (Å²) in [6.07, 6.45) is 3.57. The third-order valence-electron chi connectivity index (χ3n) is 5.98. The highest BCUT2D eigenvalue weighted by Gasteiger charge is 2.54. The number of aromatic nitrogens is 1. The Morgan fingerprint density at radius 2 is 2.03 bits per heavy atom. The standard InChI is InChI=1S/C25H27N3O3/c1-17(2)5-6-18-7-9-20(10-8-18)25-21-14-27(15-24(31)28(21)22(25)16-29)23(30)12-19-4-3-11-26-13-19/h3-4,7-11,13,17,21-22,25,29H,12,14-16H2,1-2H3/t21-,22+,25-/m1/s1. The van der Waals surface area contributed by atoms with E-state index in [2.05, 4.69) is 30.7 Å². The highest BCUT2D eigenvalue weighted by molar-refractivity contribution is 5.88. The van der Waals surface area contributed by atoms with Gasteiger partial charge in [-0.05, 0) is 29.3 Å². The van der Waals surface area contributed by atoms with Crippen molar-refractivity contribution in [2.45, 2.75) is 38.3 Å². The van der Waals surface area contributed by atoms with E-state index in [1.807, 2.05) is 30.3 Å². The van der Waals surface area contributed by atoms with Crippen molar-refractivity contribution in [1.82, 2.24) is 14.8 Å². The van der Waals surface area contributed by atoms with Gasteiger partial charge < -0.3 is 14.9 Å². The topological polar surface area (TPSA) is 73.7 Å². The number of nitrogens with zero attached hydrogens (tertiary/aromatic N) is 3. The number of hydrogen-bond acceptors (Lipinski definition) is 4. The van der Waals surface area contributed by atoms with Gasteiger partial charge in [0.15, 0.2) is 0 Å². The van der Waals surface area contributed by atoms with E-state index in [0.717, 1.165) is 16.7 Å². The lowest BCUT2D eigenvalue weighted by Gasteiger charge is -2.58. The summed E-state index contributed by atoms with van der Waals surface area (Å²) >= 11 is 0. The lowest BCUT2D eigenvalue weighted by Crippen LogP contribution is -2.73. The van der Waals surface area contributed by atoms with Gasteiger partial charge in [-0.2, -0.15) is 0 Å². The first-order chi connectivity index (χ1) is 15.0. The zero-order chi connectivity index (χ0) is 22.0. The van der Waals surface area contributed by atoms with Crippen molar-refractivity contribution in [3.8, 4) is 11.8 Å². The summed E-state index contributed by atoms with van der Waals surface area (Å²) < 4.78 is 0. The molecule has 0 unspecified atom stereocenters. The van der Waals surface area contributed by atoms with Gasteiger partial charge in [0.25, 0.3) is 0 Å². The van der Waals surface area contributed by atoms with Crippen molar-refractivity contribution in [2.24, 2.45) is 5.92 Å². The number of carbonyl (C=O) groups excluding carboxylic acids is 2. The molecular weight excluding hydrogens is 390 g/mol. The minimum atomic E-state index is -0.249. The molecule has 0 saturated carbocycles. The Labute approximate surface area is 182 Å². The molecule has 6 nitrogen and oxygen atoms in total. The van der Waals surface area contributed by atoms with Gasteiger partial charge in [0.2, 0.25) is 11.8 Å². The third kappa shape index (κ3) is 4.33. The number of pyridine rings is 1. The van der Waals surface area contributed by atoms with Crippen LogP contribution in [0.1, 0.15) is 36.5 Å². The molecule has 1 aromatic carbocycles. The van der Waals surface area contributed by atoms with E-state index in [-0.39, 0.29) is 49.4 Å². The summed E-state index contributed by atoms with van der Waals surface area (Å²) in [4.78, 5) is 33.0. The zero-order valence-electron chi connectivity index (χ0n) is 17.9. The Balaban J connectivity index is 1.50. The molecule has 160 valence electrons. The molecule has 6 heteroatoms. The lowest BCUT2D eigenvalue weighted by atomic mass is 9.73. The van der Waals surface area contributed by atoms with Crippen LogP contribution < -0.4 is 0 Å². The molecule has 1 N–H and O–H groups in total. The van der Waals surface area contributed by atoms with Crippen molar-refractivity contribution in [2.75, 3.05) is 19.7 Å². The van der Waals surface area contributed by atoms with Crippen LogP contribution in [0.2, 0.25) is 0 Å². The number of fused-ring (bicyclic) bond motifs is 1. The molecule has 0 radical (unpaired) electrons. The second-order valence-electron chi connectivity index (χ2n) is 8.50. The van der Waals surface area contributed by atoms with Crippen LogP contribution in [0.25, 0.3) is 0 Å². The molecule has 4 rings (SSSR count). The van der Waals surface area contributed by atoms with Crippen molar-refractivity contribution >= 4 is 11.8 Å². The van der Waals surface area contributed by atoms with E-state index in [1.54, 1.807) is 28.3 Å². The second kappa shape index (κ2) is 8.91. The number of amides is 2. The molecule has 0 bridgehead atoms. The molecule has 2 fully saturated rings. The Hall–Kier alpha value is -3.17. The van der Waals surface area contributed by atoms with Gasteiger partial charge >= 0.3 is 0 Å². The molecule has 31 heavy (non-hydrogen) atoms. The van der Waals surface area contributed by atoms with Crippen LogP contribution in [0.3, 0.4) is 0 Å². The molecule has 3 heterocycles. The number of aliphatic hydroxyl groups excluding tert-OH is 1. The quantitative estimate of drug-likeness (QED) is 0.771. The van der Waals surface area contributed by atoms with Gasteiger partial charge in [0.05, 0.1) is 31.7 Å². The molecule has 0 spiro atoms. The summed E-state index contributed by atoms with van der Waals surface area (Å²) in [7, 11) is 0. The molecule has 2 amide bonds. The van der Waals surface area contributed by atoms with Gasteiger partial charge in [-0.3, -0.25) is 14.6 Å². The number of benzene rings is 1. The second-order valence-corrected chi connectivity index (χ2v) is 8.50. The molecule has 2 aromatic rings. The van der Waals surface area contributed by atoms with E-state index in [0.29, 0.717) is 12.5 Å². The van der Waals surface area contributed by atoms with Gasteiger partial charge in [0, 0.05) is 36.3 Å². The van der Waals surface area contributed by atoms with E-state index >= 15 is 0 Å². The van der Waals surface area contributed by atoms with Crippen LogP contribution in [0.15, 0.2) is 48.8 Å². The van der Waals surface area contributed by atoms with Gasteiger partial charge in [-0.1, -0.05) is 43.9 Å². The Bertz CT molecular complexity index is 1010. The number of carbonyl (C=O) groups is 2. The molecule has 2 saturated heterocycles. The highest BCUT2D eigenvalue weighted by atomic mass is 16.3. The number of piperazine rings is 1. The van der Waals surface area contributed by atoms with E-state index in [4.69, 9.17) is 0 Å². The van der Waals surface area contributed by atoms with Crippen LogP contribution >= 0.6 is 0 Å². The summed E-state index contributed by atoms with van der Waals surface area (Å²) in [6, 6.07) is 11.3. The number of rotatable bonds is 4. The first-order valence-corrected chi connectivity index (χ1v) is 10.7. The van der Waals surface area contributed by atoms with E-state index in [9.17, 15) is 14.7 Å². The van der Waals surface area contributed by atoms with E-state index < -0.39 is 0 Å². The highest BCUT2D eigenvalue weighted by Crippen LogP contribution is 2.42. The van der Waals surface area contributed by atoms with Gasteiger partial charge in [-0.15, -0.1) is 0 Å². The Kier molecular flexibility index (Phi) is 6.06. The van der Waals surface area contributed by atoms with Crippen molar-refractivity contribution in [1.29, 1.82) is 0 Å². The van der Waals surface area contributed by atoms with Gasteiger partial charge in [0.1, 0.15) is 0 Å². The van der Waals surface area contributed by atoms with Crippen molar-refractivity contribution < 1.29 is 14.7 Å². The number of aliphatic hydroxyl groups is 1. The minimum Gasteiger partial charge on any atom is -0.394 e. The largest absolute Gasteiger partial charge is 0.394 e. The zero-order valence-corrected chi connectivity index (χ0v) is 17.9. The van der Waals surface area contributed by atoms with Crippen LogP contribution in [-0.4, -0.2) is 63.5 Å². The number of hydrogen-bond donors (Lipinski definition) is 1. The van der Waals surface area contributed by atoms with Crippen LogP contribution in [0.4, 0.5) is 0 Å². The van der Waals surface area contributed by atoms with Crippen LogP contribution in [0, 0.1) is 17.8 Å².